The van der Waals surface area contributed by atoms with Crippen LogP contribution >= 0.6 is 0 Å². The third kappa shape index (κ3) is 7.45. The van der Waals surface area contributed by atoms with E-state index in [9.17, 15) is 9.59 Å². The molecule has 1 aromatic heterocycles. The maximum Gasteiger partial charge on any atom is 0.412 e. The number of hydrogen-bond acceptors (Lipinski definition) is 5. The molecule has 4 N–H and O–H groups in total. The van der Waals surface area contributed by atoms with E-state index >= 15 is 0 Å². The molecular formula is C20H26N4O3. The first-order valence-electron chi connectivity index (χ1n) is 8.75. The molecule has 1 heterocycles. The maximum absolute atomic E-state index is 12.1. The molecule has 144 valence electrons. The topological polar surface area (TPSA) is 106 Å². The van der Waals surface area contributed by atoms with Crippen molar-refractivity contribution in [1.82, 2.24) is 10.3 Å². The van der Waals surface area contributed by atoms with Gasteiger partial charge in [0.1, 0.15) is 5.60 Å². The average molecular weight is 370 g/mol. The lowest BCUT2D eigenvalue weighted by Gasteiger charge is -2.19. The molecule has 0 aliphatic rings. The highest BCUT2D eigenvalue weighted by Crippen LogP contribution is 2.13. The van der Waals surface area contributed by atoms with Crippen LogP contribution in [0.3, 0.4) is 0 Å². The predicted molar refractivity (Wildman–Crippen MR) is 104 cm³/mol. The summed E-state index contributed by atoms with van der Waals surface area (Å²) in [6, 6.07) is 12.0. The van der Waals surface area contributed by atoms with Gasteiger partial charge in [-0.05, 0) is 50.6 Å². The van der Waals surface area contributed by atoms with Gasteiger partial charge < -0.3 is 15.8 Å². The molecule has 1 atom stereocenters. The molecule has 0 radical (unpaired) electrons. The Morgan fingerprint density at radius 1 is 1.15 bits per heavy atom. The first-order chi connectivity index (χ1) is 12.7. The zero-order chi connectivity index (χ0) is 19.9. The molecule has 0 spiro atoms. The summed E-state index contributed by atoms with van der Waals surface area (Å²) in [5, 5.41) is 5.47. The number of rotatable bonds is 6. The van der Waals surface area contributed by atoms with E-state index in [0.29, 0.717) is 18.7 Å². The molecular weight excluding hydrogens is 344 g/mol. The van der Waals surface area contributed by atoms with E-state index in [0.717, 1.165) is 11.3 Å². The van der Waals surface area contributed by atoms with Gasteiger partial charge in [-0.3, -0.25) is 15.1 Å². The van der Waals surface area contributed by atoms with Crippen molar-refractivity contribution in [1.29, 1.82) is 0 Å². The van der Waals surface area contributed by atoms with Crippen LogP contribution in [0.15, 0.2) is 48.7 Å². The number of carbonyl (C=O) groups is 2. The number of anilines is 1. The summed E-state index contributed by atoms with van der Waals surface area (Å²) < 4.78 is 5.20. The zero-order valence-corrected chi connectivity index (χ0v) is 15.9. The lowest BCUT2D eigenvalue weighted by molar-refractivity contribution is -0.122. The molecule has 2 amide bonds. The highest BCUT2D eigenvalue weighted by atomic mass is 16.6. The molecule has 7 nitrogen and oxygen atoms in total. The number of nitrogens with zero attached hydrogens (tertiary/aromatic N) is 1. The summed E-state index contributed by atoms with van der Waals surface area (Å²) in [4.78, 5) is 28.0. The van der Waals surface area contributed by atoms with Crippen molar-refractivity contribution in [2.24, 2.45) is 5.73 Å². The standard InChI is InChI=1S/C20H26N4O3/c1-20(2,3)27-19(26)24-15-9-7-14(8-10-15)13-23-18(25)17(21)12-16-6-4-5-11-22-16/h4-11,17H,12-13,21H2,1-3H3,(H,23,25)(H,24,26)/t17-/m0/s1. The van der Waals surface area contributed by atoms with Crippen LogP contribution in [0.25, 0.3) is 0 Å². The van der Waals surface area contributed by atoms with Crippen molar-refractivity contribution in [3.8, 4) is 0 Å². The summed E-state index contributed by atoms with van der Waals surface area (Å²) in [6.45, 7) is 5.76. The summed E-state index contributed by atoms with van der Waals surface area (Å²) >= 11 is 0. The second-order valence-corrected chi connectivity index (χ2v) is 7.17. The van der Waals surface area contributed by atoms with E-state index in [1.807, 2.05) is 30.3 Å². The summed E-state index contributed by atoms with van der Waals surface area (Å²) in [6.07, 6.45) is 1.54. The van der Waals surface area contributed by atoms with E-state index in [1.54, 1.807) is 39.1 Å². The van der Waals surface area contributed by atoms with Crippen LogP contribution in [0.2, 0.25) is 0 Å². The minimum atomic E-state index is -0.659. The van der Waals surface area contributed by atoms with Crippen molar-refractivity contribution in [3.63, 3.8) is 0 Å². The molecule has 0 unspecified atom stereocenters. The fourth-order valence-corrected chi connectivity index (χ4v) is 2.28. The first kappa shape index (κ1) is 20.4. The lowest BCUT2D eigenvalue weighted by Crippen LogP contribution is -2.41. The fourth-order valence-electron chi connectivity index (χ4n) is 2.28. The van der Waals surface area contributed by atoms with Crippen LogP contribution in [-0.2, 0) is 22.5 Å². The van der Waals surface area contributed by atoms with Crippen LogP contribution in [0.1, 0.15) is 32.0 Å². The molecule has 1 aromatic carbocycles. The monoisotopic (exact) mass is 370 g/mol. The molecule has 27 heavy (non-hydrogen) atoms. The van der Waals surface area contributed by atoms with Gasteiger partial charge >= 0.3 is 6.09 Å². The minimum Gasteiger partial charge on any atom is -0.444 e. The van der Waals surface area contributed by atoms with Crippen molar-refractivity contribution < 1.29 is 14.3 Å². The molecule has 0 saturated carbocycles. The molecule has 2 aromatic rings. The SMILES string of the molecule is CC(C)(C)OC(=O)Nc1ccc(CNC(=O)[C@@H](N)Cc2ccccn2)cc1. The normalized spacial score (nSPS) is 12.1. The van der Waals surface area contributed by atoms with Gasteiger partial charge in [0.05, 0.1) is 6.04 Å². The number of aromatic nitrogens is 1. The summed E-state index contributed by atoms with van der Waals surface area (Å²) in [5.74, 6) is -0.239. The Balaban J connectivity index is 1.80. The zero-order valence-electron chi connectivity index (χ0n) is 15.9. The Morgan fingerprint density at radius 3 is 2.44 bits per heavy atom. The average Bonchev–Trinajstić information content (AvgIpc) is 2.60. The highest BCUT2D eigenvalue weighted by molar-refractivity contribution is 5.85. The van der Waals surface area contributed by atoms with Gasteiger partial charge in [0.2, 0.25) is 5.91 Å². The second-order valence-electron chi connectivity index (χ2n) is 7.17. The fraction of sp³-hybridized carbons (Fsp3) is 0.350. The first-order valence-corrected chi connectivity index (χ1v) is 8.75. The van der Waals surface area contributed by atoms with Gasteiger partial charge in [-0.25, -0.2) is 4.79 Å². The van der Waals surface area contributed by atoms with E-state index in [4.69, 9.17) is 10.5 Å². The van der Waals surface area contributed by atoms with E-state index in [2.05, 4.69) is 15.6 Å². The number of nitrogens with one attached hydrogen (secondary N) is 2. The maximum atomic E-state index is 12.1. The third-order valence-electron chi connectivity index (χ3n) is 3.56. The molecule has 0 aliphatic heterocycles. The van der Waals surface area contributed by atoms with Crippen molar-refractivity contribution >= 4 is 17.7 Å². The van der Waals surface area contributed by atoms with Crippen LogP contribution < -0.4 is 16.4 Å². The number of benzene rings is 1. The number of amides is 2. The number of pyridine rings is 1. The Kier molecular flexibility index (Phi) is 6.90. The van der Waals surface area contributed by atoms with Gasteiger partial charge in [0.15, 0.2) is 0 Å². The number of nitrogens with two attached hydrogens (primary N) is 1. The summed E-state index contributed by atoms with van der Waals surface area (Å²) in [5.41, 5.74) is 7.66. The van der Waals surface area contributed by atoms with Gasteiger partial charge in [-0.15, -0.1) is 0 Å². The lowest BCUT2D eigenvalue weighted by atomic mass is 10.1. The van der Waals surface area contributed by atoms with Crippen molar-refractivity contribution in [2.75, 3.05) is 5.32 Å². The Hall–Kier alpha value is -2.93. The third-order valence-corrected chi connectivity index (χ3v) is 3.56. The largest absolute Gasteiger partial charge is 0.444 e. The van der Waals surface area contributed by atoms with E-state index in [-0.39, 0.29) is 5.91 Å². The van der Waals surface area contributed by atoms with E-state index < -0.39 is 17.7 Å². The van der Waals surface area contributed by atoms with Gasteiger partial charge in [-0.2, -0.15) is 0 Å². The minimum absolute atomic E-state index is 0.239. The summed E-state index contributed by atoms with van der Waals surface area (Å²) in [7, 11) is 0. The van der Waals surface area contributed by atoms with Crippen LogP contribution in [0.5, 0.6) is 0 Å². The highest BCUT2D eigenvalue weighted by Gasteiger charge is 2.16. The number of carbonyl (C=O) groups excluding carboxylic acids is 2. The van der Waals surface area contributed by atoms with Gasteiger partial charge in [-0.1, -0.05) is 18.2 Å². The van der Waals surface area contributed by atoms with Gasteiger partial charge in [0.25, 0.3) is 0 Å². The molecule has 0 bridgehead atoms. The van der Waals surface area contributed by atoms with Crippen molar-refractivity contribution in [2.45, 2.75) is 45.4 Å². The van der Waals surface area contributed by atoms with E-state index in [1.165, 1.54) is 0 Å². The van der Waals surface area contributed by atoms with Crippen LogP contribution in [0, 0.1) is 0 Å². The van der Waals surface area contributed by atoms with Gasteiger partial charge in [0, 0.05) is 30.5 Å². The number of hydrogen-bond donors (Lipinski definition) is 3. The van der Waals surface area contributed by atoms with Crippen LogP contribution in [-0.4, -0.2) is 28.6 Å². The van der Waals surface area contributed by atoms with Crippen LogP contribution in [0.4, 0.5) is 10.5 Å². The smallest absolute Gasteiger partial charge is 0.412 e. The molecule has 0 aliphatic carbocycles. The number of ether oxygens (including phenoxy) is 1. The predicted octanol–water partition coefficient (Wildman–Crippen LogP) is 2.61. The molecule has 0 saturated heterocycles. The quantitative estimate of drug-likeness (QED) is 0.725. The second kappa shape index (κ2) is 9.14. The molecule has 7 heteroatoms. The molecule has 0 fully saturated rings. The van der Waals surface area contributed by atoms with Crippen molar-refractivity contribution in [3.05, 3.63) is 59.9 Å². The Morgan fingerprint density at radius 2 is 1.85 bits per heavy atom. The Labute approximate surface area is 159 Å². The molecule has 2 rings (SSSR count). The Bertz CT molecular complexity index is 755.